The summed E-state index contributed by atoms with van der Waals surface area (Å²) in [7, 11) is 3.17. The van der Waals surface area contributed by atoms with Crippen LogP contribution in [0.3, 0.4) is 0 Å². The van der Waals surface area contributed by atoms with Crippen LogP contribution in [-0.4, -0.2) is 30.4 Å². The zero-order valence-electron chi connectivity index (χ0n) is 22.0. The number of hydrogen-bond acceptors (Lipinski definition) is 5. The Labute approximate surface area is 217 Å². The molecule has 1 heterocycles. The highest BCUT2D eigenvalue weighted by atomic mass is 16.5. The zero-order chi connectivity index (χ0) is 26.7. The number of pyridine rings is 1. The lowest BCUT2D eigenvalue weighted by Crippen LogP contribution is -2.37. The number of nitrogens with zero attached hydrogens (tertiary/aromatic N) is 2. The molecule has 0 radical (unpaired) electrons. The number of aromatic nitrogens is 1. The first-order valence-electron chi connectivity index (χ1n) is 12.1. The molecule has 0 fully saturated rings. The molecular formula is C30H32N2O5. The minimum atomic E-state index is -1.00. The molecule has 0 saturated heterocycles. The van der Waals surface area contributed by atoms with E-state index >= 15 is 0 Å². The molecule has 0 aliphatic rings. The number of anilines is 1. The summed E-state index contributed by atoms with van der Waals surface area (Å²) in [5, 5.41) is 11.1. The number of benzene rings is 3. The second-order valence-electron chi connectivity index (χ2n) is 9.22. The number of hydrogen-bond donors (Lipinski definition) is 1. The number of methoxy groups -OCH3 is 2. The van der Waals surface area contributed by atoms with Gasteiger partial charge in [0.15, 0.2) is 11.5 Å². The Kier molecular flexibility index (Phi) is 7.53. The van der Waals surface area contributed by atoms with Gasteiger partial charge in [-0.25, -0.2) is 4.79 Å². The van der Waals surface area contributed by atoms with E-state index in [1.54, 1.807) is 26.5 Å². The SMILES string of the molecule is COc1cc2nccc(Oc3ccc(N(C(=O)O)C(c4ccccc4)C(C)C)c(C)c3C)c2cc1OC. The number of amides is 1. The van der Waals surface area contributed by atoms with Gasteiger partial charge in [-0.05, 0) is 60.7 Å². The Morgan fingerprint density at radius 1 is 0.865 bits per heavy atom. The standard InChI is InChI=1S/C30H32N2O5/c1-18(2)29(21-10-8-7-9-11-21)32(30(33)34)24-12-13-25(20(4)19(24)3)37-26-14-15-31-23-17-28(36-6)27(35-5)16-22(23)26/h7-18,29H,1-6H3,(H,33,34). The van der Waals surface area contributed by atoms with Gasteiger partial charge in [0.2, 0.25) is 0 Å². The van der Waals surface area contributed by atoms with Crippen LogP contribution in [0.4, 0.5) is 10.5 Å². The molecule has 0 aliphatic heterocycles. The van der Waals surface area contributed by atoms with Crippen LogP contribution in [0.25, 0.3) is 10.9 Å². The molecule has 7 nitrogen and oxygen atoms in total. The van der Waals surface area contributed by atoms with Crippen molar-refractivity contribution in [2.75, 3.05) is 19.1 Å². The fraction of sp³-hybridized carbons (Fsp3) is 0.267. The van der Waals surface area contributed by atoms with E-state index in [-0.39, 0.29) is 12.0 Å². The topological polar surface area (TPSA) is 81.1 Å². The molecule has 4 rings (SSSR count). The fourth-order valence-corrected chi connectivity index (χ4v) is 4.66. The average Bonchev–Trinajstić information content (AvgIpc) is 2.89. The molecule has 1 aromatic heterocycles. The molecule has 37 heavy (non-hydrogen) atoms. The number of rotatable bonds is 8. The molecule has 4 aromatic rings. The lowest BCUT2D eigenvalue weighted by atomic mass is 9.93. The second kappa shape index (κ2) is 10.8. The third kappa shape index (κ3) is 5.03. The van der Waals surface area contributed by atoms with E-state index in [0.29, 0.717) is 34.2 Å². The van der Waals surface area contributed by atoms with Gasteiger partial charge in [-0.15, -0.1) is 0 Å². The Hall–Kier alpha value is -4.26. The van der Waals surface area contributed by atoms with E-state index in [1.807, 2.05) is 82.3 Å². The van der Waals surface area contributed by atoms with Gasteiger partial charge in [0.1, 0.15) is 11.5 Å². The molecule has 0 aliphatic carbocycles. The molecule has 3 aromatic carbocycles. The fourth-order valence-electron chi connectivity index (χ4n) is 4.66. The van der Waals surface area contributed by atoms with E-state index in [1.165, 1.54) is 4.90 Å². The van der Waals surface area contributed by atoms with Crippen molar-refractivity contribution in [3.8, 4) is 23.0 Å². The molecule has 1 amide bonds. The quantitative estimate of drug-likeness (QED) is 0.269. The number of carboxylic acid groups (broad SMARTS) is 1. The Bertz CT molecular complexity index is 1420. The predicted octanol–water partition coefficient (Wildman–Crippen LogP) is 7.54. The van der Waals surface area contributed by atoms with Gasteiger partial charge in [0, 0.05) is 17.6 Å². The molecule has 0 saturated carbocycles. The highest BCUT2D eigenvalue weighted by Gasteiger charge is 2.31. The monoisotopic (exact) mass is 500 g/mol. The van der Waals surface area contributed by atoms with Crippen molar-refractivity contribution in [3.05, 3.63) is 83.6 Å². The highest BCUT2D eigenvalue weighted by molar-refractivity contribution is 5.90. The van der Waals surface area contributed by atoms with Gasteiger partial charge < -0.3 is 19.3 Å². The molecule has 1 atom stereocenters. The Balaban J connectivity index is 1.76. The maximum Gasteiger partial charge on any atom is 0.412 e. The average molecular weight is 501 g/mol. The van der Waals surface area contributed by atoms with Gasteiger partial charge in [0.05, 0.1) is 31.5 Å². The third-order valence-corrected chi connectivity index (χ3v) is 6.65. The zero-order valence-corrected chi connectivity index (χ0v) is 22.0. The molecule has 0 bridgehead atoms. The van der Waals surface area contributed by atoms with E-state index in [4.69, 9.17) is 14.2 Å². The number of fused-ring (bicyclic) bond motifs is 1. The van der Waals surface area contributed by atoms with Crippen molar-refractivity contribution in [3.63, 3.8) is 0 Å². The maximum atomic E-state index is 12.6. The summed E-state index contributed by atoms with van der Waals surface area (Å²) in [5.74, 6) is 2.47. The van der Waals surface area contributed by atoms with Gasteiger partial charge in [-0.1, -0.05) is 44.2 Å². The van der Waals surface area contributed by atoms with E-state index < -0.39 is 6.09 Å². The third-order valence-electron chi connectivity index (χ3n) is 6.65. The number of carbonyl (C=O) groups is 1. The summed E-state index contributed by atoms with van der Waals surface area (Å²) in [6.07, 6.45) is 0.680. The summed E-state index contributed by atoms with van der Waals surface area (Å²) in [6, 6.07) is 18.5. The van der Waals surface area contributed by atoms with Crippen molar-refractivity contribution < 1.29 is 24.1 Å². The van der Waals surface area contributed by atoms with Crippen molar-refractivity contribution >= 4 is 22.7 Å². The molecule has 192 valence electrons. The normalized spacial score (nSPS) is 11.9. The van der Waals surface area contributed by atoms with Crippen molar-refractivity contribution in [1.82, 2.24) is 4.98 Å². The first-order chi connectivity index (χ1) is 17.8. The van der Waals surface area contributed by atoms with E-state index in [0.717, 1.165) is 22.1 Å². The Morgan fingerprint density at radius 2 is 1.54 bits per heavy atom. The van der Waals surface area contributed by atoms with Crippen LogP contribution in [0.15, 0.2) is 66.9 Å². The first kappa shape index (κ1) is 25.8. The minimum absolute atomic E-state index is 0.0595. The molecule has 0 spiro atoms. The van der Waals surface area contributed by atoms with E-state index in [2.05, 4.69) is 4.98 Å². The van der Waals surface area contributed by atoms with Crippen molar-refractivity contribution in [2.45, 2.75) is 33.7 Å². The van der Waals surface area contributed by atoms with Crippen LogP contribution in [-0.2, 0) is 0 Å². The molecular weight excluding hydrogens is 468 g/mol. The smallest absolute Gasteiger partial charge is 0.412 e. The lowest BCUT2D eigenvalue weighted by Gasteiger charge is -2.34. The van der Waals surface area contributed by atoms with Gasteiger partial charge >= 0.3 is 6.09 Å². The summed E-state index contributed by atoms with van der Waals surface area (Å²) in [6.45, 7) is 7.93. The van der Waals surface area contributed by atoms with Crippen LogP contribution >= 0.6 is 0 Å². The van der Waals surface area contributed by atoms with Gasteiger partial charge in [0.25, 0.3) is 0 Å². The molecule has 1 N–H and O–H groups in total. The predicted molar refractivity (Wildman–Crippen MR) is 145 cm³/mol. The van der Waals surface area contributed by atoms with Crippen LogP contribution < -0.4 is 19.1 Å². The van der Waals surface area contributed by atoms with Gasteiger partial charge in [-0.2, -0.15) is 0 Å². The van der Waals surface area contributed by atoms with Crippen LogP contribution in [0.1, 0.15) is 36.6 Å². The van der Waals surface area contributed by atoms with Crippen LogP contribution in [0, 0.1) is 19.8 Å². The molecule has 1 unspecified atom stereocenters. The second-order valence-corrected chi connectivity index (χ2v) is 9.22. The first-order valence-corrected chi connectivity index (χ1v) is 12.1. The minimum Gasteiger partial charge on any atom is -0.493 e. The summed E-state index contributed by atoms with van der Waals surface area (Å²) >= 11 is 0. The molecule has 7 heteroatoms. The maximum absolute atomic E-state index is 12.6. The highest BCUT2D eigenvalue weighted by Crippen LogP contribution is 2.41. The van der Waals surface area contributed by atoms with E-state index in [9.17, 15) is 9.90 Å². The van der Waals surface area contributed by atoms with Crippen LogP contribution in [0.5, 0.6) is 23.0 Å². The summed E-state index contributed by atoms with van der Waals surface area (Å²) in [4.78, 5) is 18.5. The van der Waals surface area contributed by atoms with Crippen molar-refractivity contribution in [2.24, 2.45) is 5.92 Å². The lowest BCUT2D eigenvalue weighted by molar-refractivity contribution is 0.196. The number of ether oxygens (including phenoxy) is 3. The van der Waals surface area contributed by atoms with Crippen molar-refractivity contribution in [1.29, 1.82) is 0 Å². The summed E-state index contributed by atoms with van der Waals surface area (Å²) < 4.78 is 17.2. The van der Waals surface area contributed by atoms with Gasteiger partial charge in [-0.3, -0.25) is 9.88 Å². The Morgan fingerprint density at radius 3 is 2.16 bits per heavy atom. The summed E-state index contributed by atoms with van der Waals surface area (Å²) in [5.41, 5.74) is 3.97. The largest absolute Gasteiger partial charge is 0.493 e. The van der Waals surface area contributed by atoms with Crippen LogP contribution in [0.2, 0.25) is 0 Å².